The van der Waals surface area contributed by atoms with E-state index < -0.39 is 10.0 Å². The molecular weight excluding hydrogens is 268 g/mol. The van der Waals surface area contributed by atoms with E-state index in [0.29, 0.717) is 28.6 Å². The standard InChI is InChI=1S/C11H16N4O3S/c1-6-11(7(2)14-13-6)15-19(16,17)10-4-9(5-12)18-8(10)3/h4,15H,5,12H2,1-3H3,(H,13,14). The summed E-state index contributed by atoms with van der Waals surface area (Å²) in [4.78, 5) is 0.0907. The third kappa shape index (κ3) is 2.49. The Hall–Kier alpha value is -1.80. The monoisotopic (exact) mass is 284 g/mol. The van der Waals surface area contributed by atoms with Crippen molar-refractivity contribution >= 4 is 15.7 Å². The fourth-order valence-electron chi connectivity index (χ4n) is 1.78. The number of furan rings is 1. The van der Waals surface area contributed by atoms with Gasteiger partial charge in [-0.3, -0.25) is 9.82 Å². The van der Waals surface area contributed by atoms with Gasteiger partial charge in [-0.2, -0.15) is 5.10 Å². The molecule has 0 saturated heterocycles. The first-order valence-electron chi connectivity index (χ1n) is 5.69. The van der Waals surface area contributed by atoms with Crippen molar-refractivity contribution in [3.05, 3.63) is 29.0 Å². The van der Waals surface area contributed by atoms with E-state index in [1.54, 1.807) is 20.8 Å². The molecule has 0 radical (unpaired) electrons. The van der Waals surface area contributed by atoms with Crippen LogP contribution in [0, 0.1) is 20.8 Å². The molecule has 2 aromatic rings. The van der Waals surface area contributed by atoms with Crippen molar-refractivity contribution in [1.29, 1.82) is 0 Å². The molecule has 0 aromatic carbocycles. The number of sulfonamides is 1. The highest BCUT2D eigenvalue weighted by Gasteiger charge is 2.23. The van der Waals surface area contributed by atoms with Gasteiger partial charge in [-0.15, -0.1) is 0 Å². The number of anilines is 1. The Morgan fingerprint density at radius 3 is 2.58 bits per heavy atom. The van der Waals surface area contributed by atoms with Gasteiger partial charge in [0.05, 0.1) is 23.6 Å². The van der Waals surface area contributed by atoms with Gasteiger partial charge in [0.1, 0.15) is 16.4 Å². The number of aromatic nitrogens is 2. The first kappa shape index (κ1) is 13.6. The maximum Gasteiger partial charge on any atom is 0.265 e. The Kier molecular flexibility index (Phi) is 3.38. The second-order valence-electron chi connectivity index (χ2n) is 4.25. The van der Waals surface area contributed by atoms with Crippen molar-refractivity contribution < 1.29 is 12.8 Å². The molecule has 0 aliphatic rings. The second kappa shape index (κ2) is 4.71. The predicted molar refractivity (Wildman–Crippen MR) is 70.2 cm³/mol. The molecule has 2 heterocycles. The quantitative estimate of drug-likeness (QED) is 0.780. The molecule has 4 N–H and O–H groups in total. The van der Waals surface area contributed by atoms with Crippen LogP contribution in [0.25, 0.3) is 0 Å². The lowest BCUT2D eigenvalue weighted by atomic mass is 10.3. The zero-order valence-electron chi connectivity index (χ0n) is 10.9. The van der Waals surface area contributed by atoms with Crippen LogP contribution in [0.15, 0.2) is 15.4 Å². The van der Waals surface area contributed by atoms with Crippen LogP contribution in [0.5, 0.6) is 0 Å². The van der Waals surface area contributed by atoms with E-state index in [9.17, 15) is 8.42 Å². The highest BCUT2D eigenvalue weighted by molar-refractivity contribution is 7.92. The Labute approximate surface area is 111 Å². The van der Waals surface area contributed by atoms with E-state index >= 15 is 0 Å². The molecule has 0 bridgehead atoms. The van der Waals surface area contributed by atoms with E-state index in [1.807, 2.05) is 0 Å². The van der Waals surface area contributed by atoms with Crippen LogP contribution < -0.4 is 10.5 Å². The Morgan fingerprint density at radius 1 is 1.42 bits per heavy atom. The summed E-state index contributed by atoms with van der Waals surface area (Å²) in [6.45, 7) is 5.20. The van der Waals surface area contributed by atoms with Crippen molar-refractivity contribution in [2.24, 2.45) is 5.73 Å². The lowest BCUT2D eigenvalue weighted by molar-refractivity contribution is 0.479. The molecule has 0 atom stereocenters. The van der Waals surface area contributed by atoms with E-state index in [2.05, 4.69) is 14.9 Å². The minimum absolute atomic E-state index is 0.0907. The number of nitrogens with one attached hydrogen (secondary N) is 2. The van der Waals surface area contributed by atoms with Crippen LogP contribution in [0.4, 0.5) is 5.69 Å². The van der Waals surface area contributed by atoms with E-state index in [1.165, 1.54) is 6.07 Å². The van der Waals surface area contributed by atoms with Crippen molar-refractivity contribution in [2.45, 2.75) is 32.2 Å². The molecule has 104 valence electrons. The number of hydrogen-bond acceptors (Lipinski definition) is 5. The van der Waals surface area contributed by atoms with Crippen molar-refractivity contribution in [3.8, 4) is 0 Å². The molecule has 0 aliphatic heterocycles. The van der Waals surface area contributed by atoms with Gasteiger partial charge in [-0.25, -0.2) is 8.42 Å². The van der Waals surface area contributed by atoms with E-state index in [0.717, 1.165) is 0 Å². The zero-order valence-corrected chi connectivity index (χ0v) is 11.8. The molecule has 7 nitrogen and oxygen atoms in total. The molecule has 0 amide bonds. The van der Waals surface area contributed by atoms with Gasteiger partial charge in [-0.1, -0.05) is 0 Å². The number of aryl methyl sites for hydroxylation is 3. The van der Waals surface area contributed by atoms with Gasteiger partial charge in [0, 0.05) is 6.07 Å². The van der Waals surface area contributed by atoms with Gasteiger partial charge in [0.25, 0.3) is 10.0 Å². The summed E-state index contributed by atoms with van der Waals surface area (Å²) in [5.41, 5.74) is 7.13. The first-order valence-corrected chi connectivity index (χ1v) is 7.17. The number of nitrogens with zero attached hydrogens (tertiary/aromatic N) is 1. The topological polar surface area (TPSA) is 114 Å². The number of hydrogen-bond donors (Lipinski definition) is 3. The normalized spacial score (nSPS) is 11.8. The minimum atomic E-state index is -3.71. The number of nitrogens with two attached hydrogens (primary N) is 1. The molecule has 2 aromatic heterocycles. The van der Waals surface area contributed by atoms with Crippen molar-refractivity contribution in [2.75, 3.05) is 4.72 Å². The highest BCUT2D eigenvalue weighted by Crippen LogP contribution is 2.25. The summed E-state index contributed by atoms with van der Waals surface area (Å²) in [7, 11) is -3.71. The van der Waals surface area contributed by atoms with Crippen LogP contribution in [0.2, 0.25) is 0 Å². The van der Waals surface area contributed by atoms with E-state index in [4.69, 9.17) is 10.2 Å². The fraction of sp³-hybridized carbons (Fsp3) is 0.364. The molecule has 0 aliphatic carbocycles. The Balaban J connectivity index is 2.40. The van der Waals surface area contributed by atoms with Gasteiger partial charge in [-0.05, 0) is 20.8 Å². The predicted octanol–water partition coefficient (Wildman–Crippen LogP) is 1.19. The molecule has 8 heteroatoms. The minimum Gasteiger partial charge on any atom is -0.464 e. The van der Waals surface area contributed by atoms with Crippen LogP contribution >= 0.6 is 0 Å². The van der Waals surface area contributed by atoms with Gasteiger partial charge < -0.3 is 10.2 Å². The lowest BCUT2D eigenvalue weighted by Gasteiger charge is -2.06. The van der Waals surface area contributed by atoms with Crippen LogP contribution in [0.3, 0.4) is 0 Å². The molecule has 0 unspecified atom stereocenters. The Bertz CT molecular complexity index is 680. The summed E-state index contributed by atoms with van der Waals surface area (Å²) < 4.78 is 32.4. The number of aromatic amines is 1. The maximum absolute atomic E-state index is 12.3. The number of H-pyrrole nitrogens is 1. The second-order valence-corrected chi connectivity index (χ2v) is 5.90. The molecule has 19 heavy (non-hydrogen) atoms. The summed E-state index contributed by atoms with van der Waals surface area (Å²) in [5, 5.41) is 6.66. The average Bonchev–Trinajstić information content (AvgIpc) is 2.87. The van der Waals surface area contributed by atoms with Gasteiger partial charge >= 0.3 is 0 Å². The van der Waals surface area contributed by atoms with Gasteiger partial charge in [0.2, 0.25) is 0 Å². The average molecular weight is 284 g/mol. The Morgan fingerprint density at radius 2 is 2.11 bits per heavy atom. The van der Waals surface area contributed by atoms with Crippen LogP contribution in [-0.4, -0.2) is 18.6 Å². The fourth-order valence-corrected chi connectivity index (χ4v) is 3.17. The zero-order chi connectivity index (χ0) is 14.2. The third-order valence-corrected chi connectivity index (χ3v) is 4.24. The largest absolute Gasteiger partial charge is 0.464 e. The molecule has 0 saturated carbocycles. The molecule has 0 spiro atoms. The lowest BCUT2D eigenvalue weighted by Crippen LogP contribution is -2.14. The summed E-state index contributed by atoms with van der Waals surface area (Å²) in [6, 6.07) is 1.43. The smallest absolute Gasteiger partial charge is 0.265 e. The van der Waals surface area contributed by atoms with E-state index in [-0.39, 0.29) is 11.4 Å². The van der Waals surface area contributed by atoms with Crippen molar-refractivity contribution in [1.82, 2.24) is 10.2 Å². The van der Waals surface area contributed by atoms with Gasteiger partial charge in [0.15, 0.2) is 0 Å². The number of rotatable bonds is 4. The summed E-state index contributed by atoms with van der Waals surface area (Å²) >= 11 is 0. The molecule has 2 rings (SSSR count). The maximum atomic E-state index is 12.3. The SMILES string of the molecule is Cc1n[nH]c(C)c1NS(=O)(=O)c1cc(CN)oc1C. The van der Waals surface area contributed by atoms with Crippen LogP contribution in [0.1, 0.15) is 22.9 Å². The third-order valence-electron chi connectivity index (χ3n) is 2.78. The highest BCUT2D eigenvalue weighted by atomic mass is 32.2. The molecule has 0 fully saturated rings. The molecular formula is C11H16N4O3S. The van der Waals surface area contributed by atoms with Crippen LogP contribution in [-0.2, 0) is 16.6 Å². The summed E-state index contributed by atoms with van der Waals surface area (Å²) in [6.07, 6.45) is 0. The first-order chi connectivity index (χ1) is 8.85. The summed E-state index contributed by atoms with van der Waals surface area (Å²) in [5.74, 6) is 0.741. The van der Waals surface area contributed by atoms with Crippen molar-refractivity contribution in [3.63, 3.8) is 0 Å².